The number of aryl methyl sites for hydroxylation is 3. The molecule has 0 unspecified atom stereocenters. The van der Waals surface area contributed by atoms with Crippen LogP contribution < -0.4 is 5.32 Å². The van der Waals surface area contributed by atoms with Gasteiger partial charge in [-0.25, -0.2) is 0 Å². The topological polar surface area (TPSA) is 49.4 Å². The van der Waals surface area contributed by atoms with Gasteiger partial charge in [-0.15, -0.1) is 0 Å². The second-order valence-electron chi connectivity index (χ2n) is 10.4. The molecular weight excluding hydrogens is 432 g/mol. The molecular formula is C31H38N2O2. The lowest BCUT2D eigenvalue weighted by atomic mass is 9.99. The zero-order valence-electron chi connectivity index (χ0n) is 21.7. The molecule has 35 heavy (non-hydrogen) atoms. The first-order valence-corrected chi connectivity index (χ1v) is 12.4. The summed E-state index contributed by atoms with van der Waals surface area (Å²) in [5, 5.41) is 3.12. The second-order valence-corrected chi connectivity index (χ2v) is 10.4. The van der Waals surface area contributed by atoms with Crippen LogP contribution in [0.2, 0.25) is 0 Å². The van der Waals surface area contributed by atoms with Crippen LogP contribution in [0.1, 0.15) is 55.0 Å². The molecule has 0 saturated heterocycles. The maximum Gasteiger partial charge on any atom is 0.243 e. The molecule has 1 N–H and O–H groups in total. The number of nitrogens with zero attached hydrogens (tertiary/aromatic N) is 1. The lowest BCUT2D eigenvalue weighted by Gasteiger charge is -2.34. The number of hydrogen-bond acceptors (Lipinski definition) is 2. The Balaban J connectivity index is 1.92. The summed E-state index contributed by atoms with van der Waals surface area (Å²) in [6.45, 7) is 10.4. The molecule has 0 heterocycles. The van der Waals surface area contributed by atoms with Gasteiger partial charge in [-0.1, -0.05) is 90.0 Å². The van der Waals surface area contributed by atoms with E-state index in [1.54, 1.807) is 4.90 Å². The Morgan fingerprint density at radius 1 is 0.800 bits per heavy atom. The van der Waals surface area contributed by atoms with Crippen molar-refractivity contribution in [2.24, 2.45) is 0 Å². The van der Waals surface area contributed by atoms with Crippen molar-refractivity contribution in [1.29, 1.82) is 0 Å². The first-order chi connectivity index (χ1) is 16.6. The van der Waals surface area contributed by atoms with E-state index in [0.717, 1.165) is 22.3 Å². The number of benzene rings is 3. The van der Waals surface area contributed by atoms with Gasteiger partial charge in [0.25, 0.3) is 0 Å². The fraction of sp³-hybridized carbons (Fsp3) is 0.355. The Morgan fingerprint density at radius 3 is 2.09 bits per heavy atom. The molecule has 184 valence electrons. The van der Waals surface area contributed by atoms with Crippen LogP contribution in [0.5, 0.6) is 0 Å². The quantitative estimate of drug-likeness (QED) is 0.430. The van der Waals surface area contributed by atoms with E-state index >= 15 is 0 Å². The predicted molar refractivity (Wildman–Crippen MR) is 143 cm³/mol. The van der Waals surface area contributed by atoms with Crippen LogP contribution in [-0.2, 0) is 29.0 Å². The SMILES string of the molecule is Cc1ccc(CCC(=O)N(Cc2cccc(C)c2)[C@@H](Cc2ccccc2)C(=O)NC(C)(C)C)cc1. The average molecular weight is 471 g/mol. The zero-order valence-corrected chi connectivity index (χ0v) is 21.7. The molecule has 4 heteroatoms. The van der Waals surface area contributed by atoms with Crippen molar-refractivity contribution in [3.8, 4) is 0 Å². The molecule has 0 aromatic heterocycles. The van der Waals surface area contributed by atoms with Crippen LogP contribution in [0.15, 0.2) is 78.9 Å². The van der Waals surface area contributed by atoms with E-state index < -0.39 is 11.6 Å². The van der Waals surface area contributed by atoms with Gasteiger partial charge >= 0.3 is 0 Å². The number of nitrogens with one attached hydrogen (secondary N) is 1. The van der Waals surface area contributed by atoms with Gasteiger partial charge in [-0.2, -0.15) is 0 Å². The van der Waals surface area contributed by atoms with Gasteiger partial charge in [0.05, 0.1) is 0 Å². The van der Waals surface area contributed by atoms with Crippen molar-refractivity contribution in [3.63, 3.8) is 0 Å². The predicted octanol–water partition coefficient (Wildman–Crippen LogP) is 5.79. The number of amides is 2. The van der Waals surface area contributed by atoms with E-state index in [2.05, 4.69) is 42.6 Å². The summed E-state index contributed by atoms with van der Waals surface area (Å²) in [6.07, 6.45) is 1.45. The fourth-order valence-corrected chi connectivity index (χ4v) is 4.16. The van der Waals surface area contributed by atoms with Gasteiger partial charge in [-0.05, 0) is 57.7 Å². The van der Waals surface area contributed by atoms with E-state index in [4.69, 9.17) is 0 Å². The average Bonchev–Trinajstić information content (AvgIpc) is 2.80. The first kappa shape index (κ1) is 26.2. The molecule has 1 atom stereocenters. The smallest absolute Gasteiger partial charge is 0.243 e. The van der Waals surface area contributed by atoms with Gasteiger partial charge in [-0.3, -0.25) is 9.59 Å². The Morgan fingerprint density at radius 2 is 1.46 bits per heavy atom. The summed E-state index contributed by atoms with van der Waals surface area (Å²) >= 11 is 0. The van der Waals surface area contributed by atoms with Crippen LogP contribution in [0, 0.1) is 13.8 Å². The highest BCUT2D eigenvalue weighted by atomic mass is 16.2. The summed E-state index contributed by atoms with van der Waals surface area (Å²) in [6, 6.07) is 25.8. The molecule has 3 aromatic carbocycles. The summed E-state index contributed by atoms with van der Waals surface area (Å²) in [5.41, 5.74) is 5.11. The van der Waals surface area contributed by atoms with E-state index in [-0.39, 0.29) is 11.8 Å². The van der Waals surface area contributed by atoms with Crippen LogP contribution in [0.4, 0.5) is 0 Å². The standard InChI is InChI=1S/C31H38N2O2/c1-23-14-16-25(17-15-23)18-19-29(34)33(22-27-13-9-10-24(2)20-27)28(30(35)32-31(3,4)5)21-26-11-7-6-8-12-26/h6-17,20,28H,18-19,21-22H2,1-5H3,(H,32,35)/t28-/m0/s1. The molecule has 3 rings (SSSR count). The third kappa shape index (κ3) is 8.40. The molecule has 3 aromatic rings. The molecule has 0 radical (unpaired) electrons. The van der Waals surface area contributed by atoms with Crippen molar-refractivity contribution in [3.05, 3.63) is 107 Å². The molecule has 0 saturated carbocycles. The highest BCUT2D eigenvalue weighted by molar-refractivity contribution is 5.88. The van der Waals surface area contributed by atoms with Crippen molar-refractivity contribution < 1.29 is 9.59 Å². The molecule has 0 spiro atoms. The van der Waals surface area contributed by atoms with Crippen LogP contribution >= 0.6 is 0 Å². The number of carbonyl (C=O) groups is 2. The minimum atomic E-state index is -0.609. The maximum absolute atomic E-state index is 13.7. The third-order valence-corrected chi connectivity index (χ3v) is 5.95. The normalized spacial score (nSPS) is 12.1. The largest absolute Gasteiger partial charge is 0.350 e. The van der Waals surface area contributed by atoms with Gasteiger partial charge < -0.3 is 10.2 Å². The van der Waals surface area contributed by atoms with Gasteiger partial charge in [0, 0.05) is 24.9 Å². The third-order valence-electron chi connectivity index (χ3n) is 5.95. The number of carbonyl (C=O) groups excluding carboxylic acids is 2. The summed E-state index contributed by atoms with van der Waals surface area (Å²) in [7, 11) is 0. The maximum atomic E-state index is 13.7. The molecule has 0 bridgehead atoms. The monoisotopic (exact) mass is 470 g/mol. The van der Waals surface area contributed by atoms with E-state index in [9.17, 15) is 9.59 Å². The van der Waals surface area contributed by atoms with Crippen LogP contribution in [0.25, 0.3) is 0 Å². The molecule has 0 fully saturated rings. The molecule has 2 amide bonds. The molecule has 0 aliphatic heterocycles. The fourth-order valence-electron chi connectivity index (χ4n) is 4.16. The first-order valence-electron chi connectivity index (χ1n) is 12.4. The van der Waals surface area contributed by atoms with Crippen molar-refractivity contribution in [2.45, 2.75) is 72.0 Å². The Bertz CT molecular complexity index is 1110. The van der Waals surface area contributed by atoms with Crippen molar-refractivity contribution in [2.75, 3.05) is 0 Å². The van der Waals surface area contributed by atoms with Gasteiger partial charge in [0.2, 0.25) is 11.8 Å². The van der Waals surface area contributed by atoms with Crippen LogP contribution in [-0.4, -0.2) is 28.3 Å². The summed E-state index contributed by atoms with van der Waals surface area (Å²) in [5.74, 6) is -0.144. The molecule has 0 aliphatic rings. The van der Waals surface area contributed by atoms with E-state index in [1.165, 1.54) is 5.56 Å². The number of rotatable bonds is 9. The molecule has 0 aliphatic carbocycles. The highest BCUT2D eigenvalue weighted by Crippen LogP contribution is 2.18. The van der Waals surface area contributed by atoms with E-state index in [0.29, 0.717) is 25.8 Å². The number of hydrogen-bond donors (Lipinski definition) is 1. The Kier molecular flexibility index (Phi) is 8.86. The van der Waals surface area contributed by atoms with Crippen LogP contribution in [0.3, 0.4) is 0 Å². The van der Waals surface area contributed by atoms with Gasteiger partial charge in [0.1, 0.15) is 6.04 Å². The minimum absolute atomic E-state index is 0.0166. The van der Waals surface area contributed by atoms with Gasteiger partial charge in [0.15, 0.2) is 0 Å². The second kappa shape index (κ2) is 11.8. The zero-order chi connectivity index (χ0) is 25.4. The minimum Gasteiger partial charge on any atom is -0.350 e. The lowest BCUT2D eigenvalue weighted by Crippen LogP contribution is -2.54. The van der Waals surface area contributed by atoms with E-state index in [1.807, 2.05) is 76.2 Å². The Labute approximate surface area is 210 Å². The lowest BCUT2D eigenvalue weighted by molar-refractivity contribution is -0.141. The summed E-state index contributed by atoms with van der Waals surface area (Å²) in [4.78, 5) is 29.1. The van der Waals surface area contributed by atoms with Crippen molar-refractivity contribution >= 4 is 11.8 Å². The Hall–Kier alpha value is -3.40. The molecule has 4 nitrogen and oxygen atoms in total. The summed E-state index contributed by atoms with van der Waals surface area (Å²) < 4.78 is 0. The van der Waals surface area contributed by atoms with Crippen molar-refractivity contribution in [1.82, 2.24) is 10.2 Å². The highest BCUT2D eigenvalue weighted by Gasteiger charge is 2.32.